The fourth-order valence-electron chi connectivity index (χ4n) is 3.14. The second-order valence-corrected chi connectivity index (χ2v) is 6.55. The molecule has 26 heavy (non-hydrogen) atoms. The SMILES string of the molecule is O=C(COc1ccc(Cl)cc1)N1CCc2cc(-c3ccncc3)ccc21. The van der Waals surface area contributed by atoms with Crippen LogP contribution >= 0.6 is 11.6 Å². The molecule has 4 rings (SSSR count). The van der Waals surface area contributed by atoms with Gasteiger partial charge in [0, 0.05) is 29.6 Å². The lowest BCUT2D eigenvalue weighted by Gasteiger charge is -2.18. The fraction of sp³-hybridized carbons (Fsp3) is 0.143. The van der Waals surface area contributed by atoms with Gasteiger partial charge in [0.05, 0.1) is 0 Å². The van der Waals surface area contributed by atoms with Gasteiger partial charge in [0.1, 0.15) is 5.75 Å². The zero-order valence-electron chi connectivity index (χ0n) is 14.1. The largest absolute Gasteiger partial charge is 0.484 e. The molecule has 2 aromatic carbocycles. The lowest BCUT2D eigenvalue weighted by Crippen LogP contribution is -2.33. The van der Waals surface area contributed by atoms with Gasteiger partial charge in [0.15, 0.2) is 6.61 Å². The maximum absolute atomic E-state index is 12.6. The molecule has 0 fully saturated rings. The molecule has 1 aromatic heterocycles. The van der Waals surface area contributed by atoms with Crippen LogP contribution < -0.4 is 9.64 Å². The second kappa shape index (κ2) is 7.18. The topological polar surface area (TPSA) is 42.4 Å². The molecule has 4 nitrogen and oxygen atoms in total. The first-order valence-electron chi connectivity index (χ1n) is 8.43. The van der Waals surface area contributed by atoms with E-state index in [0.29, 0.717) is 17.3 Å². The van der Waals surface area contributed by atoms with E-state index in [9.17, 15) is 4.79 Å². The Morgan fingerprint density at radius 2 is 1.81 bits per heavy atom. The number of hydrogen-bond acceptors (Lipinski definition) is 3. The normalized spacial score (nSPS) is 12.7. The first-order valence-corrected chi connectivity index (χ1v) is 8.80. The first kappa shape index (κ1) is 16.6. The lowest BCUT2D eigenvalue weighted by atomic mass is 10.0. The van der Waals surface area contributed by atoms with Crippen LogP contribution in [0.3, 0.4) is 0 Å². The van der Waals surface area contributed by atoms with Crippen LogP contribution in [0.25, 0.3) is 11.1 Å². The number of anilines is 1. The number of aromatic nitrogens is 1. The molecule has 130 valence electrons. The van der Waals surface area contributed by atoms with E-state index in [-0.39, 0.29) is 12.5 Å². The van der Waals surface area contributed by atoms with Crippen LogP contribution in [0.2, 0.25) is 5.02 Å². The van der Waals surface area contributed by atoms with Gasteiger partial charge in [-0.2, -0.15) is 0 Å². The summed E-state index contributed by atoms with van der Waals surface area (Å²) >= 11 is 5.86. The van der Waals surface area contributed by atoms with Gasteiger partial charge in [-0.25, -0.2) is 0 Å². The van der Waals surface area contributed by atoms with Crippen molar-refractivity contribution in [2.24, 2.45) is 0 Å². The number of fused-ring (bicyclic) bond motifs is 1. The summed E-state index contributed by atoms with van der Waals surface area (Å²) in [5.41, 5.74) is 4.41. The zero-order valence-corrected chi connectivity index (χ0v) is 14.8. The van der Waals surface area contributed by atoms with E-state index in [4.69, 9.17) is 16.3 Å². The van der Waals surface area contributed by atoms with Crippen LogP contribution in [0.5, 0.6) is 5.75 Å². The first-order chi connectivity index (χ1) is 12.7. The third kappa shape index (κ3) is 3.41. The van der Waals surface area contributed by atoms with E-state index < -0.39 is 0 Å². The second-order valence-electron chi connectivity index (χ2n) is 6.12. The van der Waals surface area contributed by atoms with Gasteiger partial charge in [-0.15, -0.1) is 0 Å². The van der Waals surface area contributed by atoms with Gasteiger partial charge in [0.25, 0.3) is 5.91 Å². The predicted octanol–water partition coefficient (Wildman–Crippen LogP) is 4.37. The molecule has 0 radical (unpaired) electrons. The Morgan fingerprint density at radius 1 is 1.04 bits per heavy atom. The highest BCUT2D eigenvalue weighted by Gasteiger charge is 2.25. The van der Waals surface area contributed by atoms with E-state index in [1.807, 2.05) is 24.3 Å². The maximum Gasteiger partial charge on any atom is 0.264 e. The average Bonchev–Trinajstić information content (AvgIpc) is 3.11. The van der Waals surface area contributed by atoms with Crippen molar-refractivity contribution in [1.29, 1.82) is 0 Å². The van der Waals surface area contributed by atoms with E-state index in [1.54, 1.807) is 41.6 Å². The third-order valence-corrected chi connectivity index (χ3v) is 4.72. The molecule has 2 heterocycles. The number of ether oxygens (including phenoxy) is 1. The monoisotopic (exact) mass is 364 g/mol. The van der Waals surface area contributed by atoms with Crippen molar-refractivity contribution in [2.75, 3.05) is 18.1 Å². The number of rotatable bonds is 4. The van der Waals surface area contributed by atoms with Gasteiger partial charge in [-0.1, -0.05) is 17.7 Å². The molecule has 0 saturated carbocycles. The van der Waals surface area contributed by atoms with Gasteiger partial charge < -0.3 is 9.64 Å². The number of carbonyl (C=O) groups excluding carboxylic acids is 1. The summed E-state index contributed by atoms with van der Waals surface area (Å²) < 4.78 is 5.59. The van der Waals surface area contributed by atoms with E-state index in [2.05, 4.69) is 11.1 Å². The summed E-state index contributed by atoms with van der Waals surface area (Å²) in [6.45, 7) is 0.686. The summed E-state index contributed by atoms with van der Waals surface area (Å²) in [6, 6.07) is 17.2. The van der Waals surface area contributed by atoms with Crippen molar-refractivity contribution in [2.45, 2.75) is 6.42 Å². The smallest absolute Gasteiger partial charge is 0.264 e. The molecule has 1 aliphatic rings. The van der Waals surface area contributed by atoms with E-state index in [1.165, 1.54) is 5.56 Å². The highest BCUT2D eigenvalue weighted by Crippen LogP contribution is 2.32. The molecule has 0 spiro atoms. The molecular weight excluding hydrogens is 348 g/mol. The van der Waals surface area contributed by atoms with Gasteiger partial charge in [0.2, 0.25) is 0 Å². The molecular formula is C21H17ClN2O2. The molecule has 0 bridgehead atoms. The molecule has 3 aromatic rings. The Kier molecular flexibility index (Phi) is 4.59. The van der Waals surface area contributed by atoms with Crippen LogP contribution in [0.4, 0.5) is 5.69 Å². The Balaban J connectivity index is 1.47. The van der Waals surface area contributed by atoms with Crippen LogP contribution in [-0.2, 0) is 11.2 Å². The van der Waals surface area contributed by atoms with Gasteiger partial charge in [-0.05, 0) is 71.6 Å². The molecule has 0 N–H and O–H groups in total. The van der Waals surface area contributed by atoms with E-state index in [0.717, 1.165) is 23.2 Å². The molecule has 0 unspecified atom stereocenters. The Morgan fingerprint density at radius 3 is 2.58 bits per heavy atom. The van der Waals surface area contributed by atoms with Gasteiger partial charge in [-0.3, -0.25) is 9.78 Å². The van der Waals surface area contributed by atoms with Crippen LogP contribution in [0.15, 0.2) is 67.0 Å². The van der Waals surface area contributed by atoms with Crippen LogP contribution in [0.1, 0.15) is 5.56 Å². The highest BCUT2D eigenvalue weighted by molar-refractivity contribution is 6.30. The van der Waals surface area contributed by atoms with Crippen molar-refractivity contribution in [1.82, 2.24) is 4.98 Å². The number of carbonyl (C=O) groups is 1. The Hall–Kier alpha value is -2.85. The van der Waals surface area contributed by atoms with Crippen molar-refractivity contribution in [3.8, 4) is 16.9 Å². The summed E-state index contributed by atoms with van der Waals surface area (Å²) in [6.07, 6.45) is 4.42. The molecule has 0 atom stereocenters. The van der Waals surface area contributed by atoms with Crippen molar-refractivity contribution in [3.63, 3.8) is 0 Å². The standard InChI is InChI=1S/C21H17ClN2O2/c22-18-2-4-19(5-3-18)26-14-21(25)24-12-9-17-13-16(1-6-20(17)24)15-7-10-23-11-8-15/h1-8,10-11,13H,9,12,14H2. The Bertz CT molecular complexity index is 927. The molecule has 0 aliphatic carbocycles. The van der Waals surface area contributed by atoms with Crippen molar-refractivity contribution < 1.29 is 9.53 Å². The van der Waals surface area contributed by atoms with Gasteiger partial charge >= 0.3 is 0 Å². The van der Waals surface area contributed by atoms with Crippen LogP contribution in [0, 0.1) is 0 Å². The minimum absolute atomic E-state index is 0.00712. The molecule has 5 heteroatoms. The summed E-state index contributed by atoms with van der Waals surface area (Å²) in [5.74, 6) is 0.588. The zero-order chi connectivity index (χ0) is 17.9. The number of benzene rings is 2. The fourth-order valence-corrected chi connectivity index (χ4v) is 3.26. The minimum Gasteiger partial charge on any atom is -0.484 e. The van der Waals surface area contributed by atoms with Crippen molar-refractivity contribution >= 4 is 23.2 Å². The molecule has 1 amide bonds. The van der Waals surface area contributed by atoms with E-state index >= 15 is 0 Å². The maximum atomic E-state index is 12.6. The average molecular weight is 365 g/mol. The minimum atomic E-state index is -0.0460. The summed E-state index contributed by atoms with van der Waals surface area (Å²) in [5, 5.41) is 0.641. The number of pyridine rings is 1. The quantitative estimate of drug-likeness (QED) is 0.690. The molecule has 0 saturated heterocycles. The van der Waals surface area contributed by atoms with Crippen LogP contribution in [-0.4, -0.2) is 24.0 Å². The third-order valence-electron chi connectivity index (χ3n) is 4.47. The summed E-state index contributed by atoms with van der Waals surface area (Å²) in [7, 11) is 0. The number of nitrogens with zero attached hydrogens (tertiary/aromatic N) is 2. The predicted molar refractivity (Wildman–Crippen MR) is 103 cm³/mol. The number of hydrogen-bond donors (Lipinski definition) is 0. The number of halogens is 1. The number of amides is 1. The summed E-state index contributed by atoms with van der Waals surface area (Å²) in [4.78, 5) is 18.4. The Labute approximate surface area is 157 Å². The lowest BCUT2D eigenvalue weighted by molar-refractivity contribution is -0.120. The molecule has 1 aliphatic heterocycles. The highest BCUT2D eigenvalue weighted by atomic mass is 35.5. The van der Waals surface area contributed by atoms with Crippen molar-refractivity contribution in [3.05, 3.63) is 77.6 Å².